The quantitative estimate of drug-likeness (QED) is 0.175. The third-order valence-corrected chi connectivity index (χ3v) is 9.83. The summed E-state index contributed by atoms with van der Waals surface area (Å²) in [5, 5.41) is 5.36. The Hall–Kier alpha value is -5.24. The second-order valence-corrected chi connectivity index (χ2v) is 12.4. The standard InChI is InChI=1S/C40H24S.C3H6.C2H6/c1-2-12-33-32(11-1)35-15-6-10-29-23-30(24-37(33)39(29)35)26-20-18-25(19-21-26)27-8-5-9-28(22-27)31-14-7-16-36-34-13-3-4-17-38(34)41-40(31)36;1-3-2;1-2/h1-24H;3H,1H2,2H3;1-2H3. The Morgan fingerprint density at radius 3 is 1.80 bits per heavy atom. The maximum absolute atomic E-state index is 3.36. The van der Waals surface area contributed by atoms with Gasteiger partial charge in [-0.15, -0.1) is 17.9 Å². The Balaban J connectivity index is 0.000000642. The molecular weight excluding hydrogens is 573 g/mol. The maximum atomic E-state index is 3.36. The number of hydrogen-bond donors (Lipinski definition) is 0. The Labute approximate surface area is 275 Å². The van der Waals surface area contributed by atoms with Crippen LogP contribution in [-0.2, 0) is 0 Å². The van der Waals surface area contributed by atoms with E-state index in [9.17, 15) is 0 Å². The molecule has 0 fully saturated rings. The van der Waals surface area contributed by atoms with Crippen molar-refractivity contribution in [2.45, 2.75) is 20.8 Å². The van der Waals surface area contributed by atoms with E-state index in [1.54, 1.807) is 6.08 Å². The lowest BCUT2D eigenvalue weighted by molar-refractivity contribution is 1.50. The van der Waals surface area contributed by atoms with E-state index in [-0.39, 0.29) is 0 Å². The van der Waals surface area contributed by atoms with Gasteiger partial charge in [-0.25, -0.2) is 0 Å². The van der Waals surface area contributed by atoms with Crippen molar-refractivity contribution < 1.29 is 0 Å². The maximum Gasteiger partial charge on any atom is 0.0433 e. The summed E-state index contributed by atoms with van der Waals surface area (Å²) in [6.07, 6.45) is 1.75. The summed E-state index contributed by atoms with van der Waals surface area (Å²) in [7, 11) is 0. The fourth-order valence-electron chi connectivity index (χ4n) is 6.68. The van der Waals surface area contributed by atoms with Crippen LogP contribution in [0.1, 0.15) is 20.8 Å². The van der Waals surface area contributed by atoms with Gasteiger partial charge in [-0.05, 0) is 97.6 Å². The highest BCUT2D eigenvalue weighted by Gasteiger charge is 2.21. The van der Waals surface area contributed by atoms with Gasteiger partial charge in [0, 0.05) is 20.2 Å². The Morgan fingerprint density at radius 1 is 0.457 bits per heavy atom. The van der Waals surface area contributed by atoms with Crippen molar-refractivity contribution in [1.82, 2.24) is 0 Å². The van der Waals surface area contributed by atoms with Gasteiger partial charge in [-0.2, -0.15) is 0 Å². The molecule has 1 heteroatoms. The largest absolute Gasteiger partial charge is 0.135 e. The van der Waals surface area contributed by atoms with E-state index >= 15 is 0 Å². The Morgan fingerprint density at radius 2 is 1.02 bits per heavy atom. The number of rotatable bonds is 3. The summed E-state index contributed by atoms with van der Waals surface area (Å²) in [5.41, 5.74) is 12.9. The van der Waals surface area contributed by atoms with Crippen LogP contribution in [0.25, 0.3) is 86.6 Å². The second kappa shape index (κ2) is 12.6. The summed E-state index contributed by atoms with van der Waals surface area (Å²) in [5.74, 6) is 0. The Kier molecular flexibility index (Phi) is 8.09. The van der Waals surface area contributed by atoms with Crippen LogP contribution in [0.4, 0.5) is 0 Å². The van der Waals surface area contributed by atoms with E-state index in [1.807, 2.05) is 32.1 Å². The smallest absolute Gasteiger partial charge is 0.0433 e. The topological polar surface area (TPSA) is 0 Å². The van der Waals surface area contributed by atoms with E-state index in [1.165, 1.54) is 86.6 Å². The van der Waals surface area contributed by atoms with E-state index in [2.05, 4.69) is 152 Å². The zero-order valence-corrected chi connectivity index (χ0v) is 27.4. The van der Waals surface area contributed by atoms with E-state index in [4.69, 9.17) is 0 Å². The lowest BCUT2D eigenvalue weighted by Gasteiger charge is -2.10. The highest BCUT2D eigenvalue weighted by atomic mass is 32.1. The average molecular weight is 609 g/mol. The normalized spacial score (nSPS) is 11.0. The molecule has 1 aromatic heterocycles. The number of fused-ring (bicyclic) bond motifs is 6. The molecule has 0 N–H and O–H groups in total. The van der Waals surface area contributed by atoms with Crippen LogP contribution in [0, 0.1) is 0 Å². The van der Waals surface area contributed by atoms with Gasteiger partial charge < -0.3 is 0 Å². The molecule has 0 spiro atoms. The predicted octanol–water partition coefficient (Wildman–Crippen LogP) is 14.1. The molecule has 9 rings (SSSR count). The first-order valence-corrected chi connectivity index (χ1v) is 16.9. The molecule has 0 aliphatic heterocycles. The molecule has 0 nitrogen and oxygen atoms in total. The fourth-order valence-corrected chi connectivity index (χ4v) is 7.92. The molecular formula is C45H36S. The highest BCUT2D eigenvalue weighted by Crippen LogP contribution is 2.48. The van der Waals surface area contributed by atoms with Gasteiger partial charge in [0.15, 0.2) is 0 Å². The molecule has 0 amide bonds. The molecule has 0 saturated heterocycles. The van der Waals surface area contributed by atoms with Gasteiger partial charge in [-0.3, -0.25) is 0 Å². The lowest BCUT2D eigenvalue weighted by atomic mass is 9.94. The van der Waals surface area contributed by atoms with Crippen LogP contribution in [0.3, 0.4) is 0 Å². The molecule has 1 aliphatic carbocycles. The van der Waals surface area contributed by atoms with Crippen LogP contribution < -0.4 is 0 Å². The van der Waals surface area contributed by atoms with Crippen molar-refractivity contribution in [3.8, 4) is 55.6 Å². The van der Waals surface area contributed by atoms with Gasteiger partial charge in [0.05, 0.1) is 0 Å². The minimum absolute atomic E-state index is 1.23. The lowest BCUT2D eigenvalue weighted by Crippen LogP contribution is -1.84. The van der Waals surface area contributed by atoms with E-state index in [0.717, 1.165) is 0 Å². The predicted molar refractivity (Wildman–Crippen MR) is 205 cm³/mol. The second-order valence-electron chi connectivity index (χ2n) is 11.3. The van der Waals surface area contributed by atoms with E-state index in [0.29, 0.717) is 0 Å². The average Bonchev–Trinajstić information content (AvgIpc) is 3.67. The van der Waals surface area contributed by atoms with Crippen molar-refractivity contribution in [3.63, 3.8) is 0 Å². The molecule has 1 heterocycles. The highest BCUT2D eigenvalue weighted by molar-refractivity contribution is 7.26. The molecule has 8 aromatic rings. The summed E-state index contributed by atoms with van der Waals surface area (Å²) in [6, 6.07) is 53.6. The molecule has 0 bridgehead atoms. The van der Waals surface area contributed by atoms with Gasteiger partial charge in [-0.1, -0.05) is 141 Å². The van der Waals surface area contributed by atoms with Gasteiger partial charge in [0.2, 0.25) is 0 Å². The minimum Gasteiger partial charge on any atom is -0.135 e. The van der Waals surface area contributed by atoms with Crippen LogP contribution >= 0.6 is 11.3 Å². The zero-order chi connectivity index (χ0) is 31.6. The van der Waals surface area contributed by atoms with Crippen LogP contribution in [0.2, 0.25) is 0 Å². The van der Waals surface area contributed by atoms with Gasteiger partial charge in [0.25, 0.3) is 0 Å². The van der Waals surface area contributed by atoms with E-state index < -0.39 is 0 Å². The fraction of sp³-hybridized carbons (Fsp3) is 0.0667. The number of thiophene rings is 1. The van der Waals surface area contributed by atoms with Crippen LogP contribution in [0.5, 0.6) is 0 Å². The summed E-state index contributed by atoms with van der Waals surface area (Å²) >= 11 is 1.89. The number of allylic oxidation sites excluding steroid dienone is 1. The van der Waals surface area contributed by atoms with Crippen molar-refractivity contribution >= 4 is 42.3 Å². The van der Waals surface area contributed by atoms with Crippen LogP contribution in [-0.4, -0.2) is 0 Å². The monoisotopic (exact) mass is 608 g/mol. The number of benzene rings is 7. The molecule has 46 heavy (non-hydrogen) atoms. The third kappa shape index (κ3) is 5.04. The minimum atomic E-state index is 1.23. The molecule has 222 valence electrons. The van der Waals surface area contributed by atoms with Crippen LogP contribution in [0.15, 0.2) is 158 Å². The molecule has 0 unspecified atom stereocenters. The molecule has 1 aliphatic rings. The van der Waals surface area contributed by atoms with Gasteiger partial charge >= 0.3 is 0 Å². The van der Waals surface area contributed by atoms with Crippen molar-refractivity contribution in [3.05, 3.63) is 158 Å². The molecule has 0 saturated carbocycles. The van der Waals surface area contributed by atoms with Crippen molar-refractivity contribution in [2.75, 3.05) is 0 Å². The molecule has 7 aromatic carbocycles. The first-order chi connectivity index (χ1) is 22.7. The number of hydrogen-bond acceptors (Lipinski definition) is 1. The first kappa shape index (κ1) is 29.5. The van der Waals surface area contributed by atoms with Crippen molar-refractivity contribution in [2.24, 2.45) is 0 Å². The summed E-state index contributed by atoms with van der Waals surface area (Å²) < 4.78 is 2.70. The van der Waals surface area contributed by atoms with Crippen molar-refractivity contribution in [1.29, 1.82) is 0 Å². The summed E-state index contributed by atoms with van der Waals surface area (Å²) in [6.45, 7) is 9.25. The summed E-state index contributed by atoms with van der Waals surface area (Å²) in [4.78, 5) is 0. The SMILES string of the molecule is C=CC.CC.c1cc(-c2ccc(-c3cc4c5c(cccc5c3)-c3ccccc3-4)cc2)cc(-c2cccc3c2sc2ccccc23)c1. The Bertz CT molecular complexity index is 2350. The molecule has 0 atom stereocenters. The van der Waals surface area contributed by atoms with Gasteiger partial charge in [0.1, 0.15) is 0 Å². The zero-order valence-electron chi connectivity index (χ0n) is 26.5. The first-order valence-electron chi connectivity index (χ1n) is 16.1. The molecule has 0 radical (unpaired) electrons. The third-order valence-electron chi connectivity index (χ3n) is 8.61.